The van der Waals surface area contributed by atoms with Gasteiger partial charge in [-0.2, -0.15) is 0 Å². The Labute approximate surface area is 163 Å². The van der Waals surface area contributed by atoms with Crippen LogP contribution in [0.3, 0.4) is 0 Å². The summed E-state index contributed by atoms with van der Waals surface area (Å²) in [6.07, 6.45) is 3.34. The van der Waals surface area contributed by atoms with E-state index < -0.39 is 5.97 Å². The number of esters is 1. The van der Waals surface area contributed by atoms with Gasteiger partial charge < -0.3 is 10.1 Å². The fourth-order valence-corrected chi connectivity index (χ4v) is 4.50. The smallest absolute Gasteiger partial charge is 0.343 e. The Hall–Kier alpha value is -0.640. The van der Waals surface area contributed by atoms with Crippen molar-refractivity contribution in [1.82, 2.24) is 9.97 Å². The highest BCUT2D eigenvalue weighted by molar-refractivity contribution is 9.11. The van der Waals surface area contributed by atoms with Gasteiger partial charge in [-0.3, -0.25) is 0 Å². The van der Waals surface area contributed by atoms with E-state index in [1.807, 2.05) is 18.4 Å². The lowest BCUT2D eigenvalue weighted by molar-refractivity contribution is 0.0526. The Morgan fingerprint density at radius 2 is 1.96 bits per heavy atom. The lowest BCUT2D eigenvalue weighted by Crippen LogP contribution is -2.11. The van der Waals surface area contributed by atoms with Crippen LogP contribution in [0, 0.1) is 0 Å². The molecule has 0 unspecified atom stereocenters. The van der Waals surface area contributed by atoms with E-state index in [0.717, 1.165) is 19.1 Å². The van der Waals surface area contributed by atoms with Crippen molar-refractivity contribution in [3.8, 4) is 0 Å². The van der Waals surface area contributed by atoms with Crippen molar-refractivity contribution in [3.05, 3.63) is 37.3 Å². The number of halogens is 3. The molecule has 1 aromatic heterocycles. The van der Waals surface area contributed by atoms with Gasteiger partial charge in [-0.05, 0) is 57.2 Å². The summed E-state index contributed by atoms with van der Waals surface area (Å²) in [7, 11) is 0. The van der Waals surface area contributed by atoms with Gasteiger partial charge in [-0.1, -0.05) is 27.7 Å². The van der Waals surface area contributed by atoms with E-state index in [-0.39, 0.29) is 12.2 Å². The number of benzene rings is 1. The highest BCUT2D eigenvalue weighted by Crippen LogP contribution is 2.36. The van der Waals surface area contributed by atoms with Gasteiger partial charge in [0, 0.05) is 19.6 Å². The molecular weight excluding hydrogens is 514 g/mol. The van der Waals surface area contributed by atoms with Gasteiger partial charge >= 0.3 is 5.97 Å². The number of hydrogen-bond donors (Lipinski definition) is 1. The monoisotopic (exact) mass is 523 g/mol. The first-order chi connectivity index (χ1) is 11.0. The second kappa shape index (κ2) is 8.46. The number of carbonyl (C=O) groups excluding carboxylic acids is 1. The van der Waals surface area contributed by atoms with Gasteiger partial charge in [0.25, 0.3) is 0 Å². The first kappa shape index (κ1) is 18.7. The van der Waals surface area contributed by atoms with E-state index in [0.29, 0.717) is 11.0 Å². The summed E-state index contributed by atoms with van der Waals surface area (Å²) in [5.41, 5.74) is 1.04. The summed E-state index contributed by atoms with van der Waals surface area (Å²) < 4.78 is 7.61. The van der Waals surface area contributed by atoms with Crippen LogP contribution in [0.4, 0.5) is 11.5 Å². The topological polar surface area (TPSA) is 64.1 Å². The third kappa shape index (κ3) is 4.68. The predicted molar refractivity (Wildman–Crippen MR) is 103 cm³/mol. The molecule has 1 N–H and O–H groups in total. The molecule has 1 heterocycles. The Bertz CT molecular complexity index is 720. The summed E-state index contributed by atoms with van der Waals surface area (Å²) in [5.74, 6) is -0.0708. The molecule has 0 amide bonds. The van der Waals surface area contributed by atoms with Gasteiger partial charge in [-0.15, -0.1) is 0 Å². The average molecular weight is 526 g/mol. The molecule has 122 valence electrons. The predicted octanol–water partition coefficient (Wildman–Crippen LogP) is 5.41. The molecule has 23 heavy (non-hydrogen) atoms. The van der Waals surface area contributed by atoms with Crippen LogP contribution in [0.2, 0.25) is 0 Å². The zero-order chi connectivity index (χ0) is 17.0. The van der Waals surface area contributed by atoms with Gasteiger partial charge in [-0.25, -0.2) is 14.8 Å². The van der Waals surface area contributed by atoms with Crippen LogP contribution in [0.5, 0.6) is 0 Å². The molecular formula is C14H12Br3N3O2S. The first-order valence-electron chi connectivity index (χ1n) is 6.46. The lowest BCUT2D eigenvalue weighted by Gasteiger charge is -2.14. The van der Waals surface area contributed by atoms with Gasteiger partial charge in [0.05, 0.1) is 12.3 Å². The van der Waals surface area contributed by atoms with Crippen LogP contribution < -0.4 is 5.32 Å². The first-order valence-corrected chi connectivity index (χ1v) is 10.1. The number of anilines is 2. The average Bonchev–Trinajstić information content (AvgIpc) is 2.50. The normalized spacial score (nSPS) is 10.5. The molecule has 0 aliphatic carbocycles. The lowest BCUT2D eigenvalue weighted by atomic mass is 10.2. The van der Waals surface area contributed by atoms with Crippen molar-refractivity contribution < 1.29 is 9.53 Å². The second-order valence-corrected chi connectivity index (χ2v) is 7.61. The van der Waals surface area contributed by atoms with Crippen molar-refractivity contribution in [2.75, 3.05) is 18.2 Å². The molecule has 2 rings (SSSR count). The molecule has 2 aromatic rings. The summed E-state index contributed by atoms with van der Waals surface area (Å²) >= 11 is 11.8. The summed E-state index contributed by atoms with van der Waals surface area (Å²) in [4.78, 5) is 20.6. The minimum atomic E-state index is -0.466. The number of hydrogen-bond acceptors (Lipinski definition) is 6. The van der Waals surface area contributed by atoms with Crippen LogP contribution in [0.1, 0.15) is 17.3 Å². The zero-order valence-electron chi connectivity index (χ0n) is 12.2. The number of thioether (sulfide) groups is 1. The third-order valence-corrected chi connectivity index (χ3v) is 4.97. The molecule has 0 bridgehead atoms. The fourth-order valence-electron chi connectivity index (χ4n) is 1.70. The van der Waals surface area contributed by atoms with Gasteiger partial charge in [0.2, 0.25) is 0 Å². The summed E-state index contributed by atoms with van der Waals surface area (Å²) in [6, 6.07) is 3.79. The highest BCUT2D eigenvalue weighted by Gasteiger charge is 2.18. The van der Waals surface area contributed by atoms with E-state index >= 15 is 0 Å². The Balaban J connectivity index is 2.47. The summed E-state index contributed by atoms with van der Waals surface area (Å²) in [6.45, 7) is 2.04. The molecule has 0 saturated carbocycles. The largest absolute Gasteiger partial charge is 0.462 e. The van der Waals surface area contributed by atoms with Crippen molar-refractivity contribution in [1.29, 1.82) is 0 Å². The molecule has 0 aliphatic rings. The van der Waals surface area contributed by atoms with Gasteiger partial charge in [0.1, 0.15) is 11.4 Å². The molecule has 0 aliphatic heterocycles. The maximum absolute atomic E-state index is 12.1. The molecule has 1 aromatic carbocycles. The van der Waals surface area contributed by atoms with Crippen LogP contribution >= 0.6 is 59.6 Å². The molecule has 0 fully saturated rings. The Kier molecular flexibility index (Phi) is 6.87. The number of aromatic nitrogens is 2. The molecule has 0 atom stereocenters. The second-order valence-electron chi connectivity index (χ2n) is 4.21. The van der Waals surface area contributed by atoms with Gasteiger partial charge in [0.15, 0.2) is 5.16 Å². The minimum absolute atomic E-state index is 0.284. The van der Waals surface area contributed by atoms with Crippen LogP contribution in [0.15, 0.2) is 36.9 Å². The Morgan fingerprint density at radius 3 is 2.52 bits per heavy atom. The molecule has 0 radical (unpaired) electrons. The van der Waals surface area contributed by atoms with Crippen molar-refractivity contribution in [2.24, 2.45) is 0 Å². The quantitative estimate of drug-likeness (QED) is 0.320. The number of nitrogens with one attached hydrogen (secondary N) is 1. The fraction of sp³-hybridized carbons (Fsp3) is 0.214. The SMILES string of the molecule is CCOC(=O)c1cnc(SC)nc1Nc1c(Br)cc(Br)cc1Br. The standard InChI is InChI=1S/C14H12Br3N3O2S/c1-3-22-13(21)8-6-18-14(23-2)20-12(8)19-11-9(16)4-7(15)5-10(11)17/h4-6H,3H2,1-2H3,(H,18,19,20). The van der Waals surface area contributed by atoms with Crippen LogP contribution in [-0.4, -0.2) is 28.8 Å². The molecule has 9 heteroatoms. The van der Waals surface area contributed by atoms with E-state index in [1.165, 1.54) is 18.0 Å². The molecule has 0 spiro atoms. The van der Waals surface area contributed by atoms with Crippen LogP contribution in [0.25, 0.3) is 0 Å². The zero-order valence-corrected chi connectivity index (χ0v) is 17.8. The maximum atomic E-state index is 12.1. The van der Waals surface area contributed by atoms with E-state index in [4.69, 9.17) is 4.74 Å². The number of rotatable bonds is 5. The third-order valence-electron chi connectivity index (χ3n) is 2.69. The van der Waals surface area contributed by atoms with Crippen molar-refractivity contribution in [2.45, 2.75) is 12.1 Å². The highest BCUT2D eigenvalue weighted by atomic mass is 79.9. The molecule has 5 nitrogen and oxygen atoms in total. The van der Waals surface area contributed by atoms with E-state index in [1.54, 1.807) is 6.92 Å². The van der Waals surface area contributed by atoms with Crippen molar-refractivity contribution >= 4 is 77.0 Å². The van der Waals surface area contributed by atoms with Crippen LogP contribution in [-0.2, 0) is 4.74 Å². The van der Waals surface area contributed by atoms with E-state index in [2.05, 4.69) is 63.1 Å². The number of ether oxygens (including phenoxy) is 1. The Morgan fingerprint density at radius 1 is 1.30 bits per heavy atom. The molecule has 0 saturated heterocycles. The summed E-state index contributed by atoms with van der Waals surface area (Å²) in [5, 5.41) is 3.73. The minimum Gasteiger partial charge on any atom is -0.462 e. The maximum Gasteiger partial charge on any atom is 0.343 e. The van der Waals surface area contributed by atoms with E-state index in [9.17, 15) is 4.79 Å². The van der Waals surface area contributed by atoms with Crippen molar-refractivity contribution in [3.63, 3.8) is 0 Å². The number of carbonyl (C=O) groups is 1. The number of nitrogens with zero attached hydrogens (tertiary/aromatic N) is 2.